The highest BCUT2D eigenvalue weighted by Crippen LogP contribution is 2.40. The Morgan fingerprint density at radius 1 is 1.53 bits per heavy atom. The lowest BCUT2D eigenvalue weighted by molar-refractivity contribution is -0.150. The smallest absolute Gasteiger partial charge is 0.352 e. The van der Waals surface area contributed by atoms with Gasteiger partial charge in [0.25, 0.3) is 11.8 Å². The summed E-state index contributed by atoms with van der Waals surface area (Å²) in [5, 5.41) is 18.9. The third-order valence-corrected chi connectivity index (χ3v) is 6.10. The Bertz CT molecular complexity index is 997. The number of thiazole rings is 1. The molecule has 0 saturated carbocycles. The number of hydrogen-bond donors (Lipinski definition) is 3. The number of thioether (sulfide) groups is 1. The number of hydrogen-bond acceptors (Lipinski definition) is 9. The van der Waals surface area contributed by atoms with Gasteiger partial charge in [0.15, 0.2) is 17.5 Å². The molecule has 3 heterocycles. The van der Waals surface area contributed by atoms with E-state index in [0.29, 0.717) is 6.41 Å². The molecule has 1 aromatic heterocycles. The van der Waals surface area contributed by atoms with Gasteiger partial charge in [0, 0.05) is 10.6 Å². The Balaban J connectivity index is 1.79. The number of anilines is 1. The van der Waals surface area contributed by atoms with Gasteiger partial charge in [0.05, 0.1) is 0 Å². The zero-order valence-corrected chi connectivity index (χ0v) is 17.0. The number of fused-ring (bicyclic) bond motifs is 1. The summed E-state index contributed by atoms with van der Waals surface area (Å²) in [5.41, 5.74) is -0.245. The molecule has 0 bridgehead atoms. The van der Waals surface area contributed by atoms with E-state index in [1.807, 2.05) is 0 Å². The van der Waals surface area contributed by atoms with Gasteiger partial charge in [-0.1, -0.05) is 11.1 Å². The van der Waals surface area contributed by atoms with Crippen molar-refractivity contribution >= 4 is 58.1 Å². The summed E-state index contributed by atoms with van der Waals surface area (Å²) >= 11 is 2.40. The zero-order valence-electron chi connectivity index (χ0n) is 15.4. The Hall–Kier alpha value is -3.37. The third-order valence-electron chi connectivity index (χ3n) is 4.00. The van der Waals surface area contributed by atoms with Crippen molar-refractivity contribution in [3.05, 3.63) is 22.8 Å². The molecule has 3 atom stereocenters. The van der Waals surface area contributed by atoms with Crippen molar-refractivity contribution in [2.75, 3.05) is 11.9 Å². The van der Waals surface area contributed by atoms with E-state index >= 15 is 0 Å². The lowest BCUT2D eigenvalue weighted by Crippen LogP contribution is -2.71. The van der Waals surface area contributed by atoms with Gasteiger partial charge >= 0.3 is 5.97 Å². The number of carbonyl (C=O) groups is 4. The zero-order chi connectivity index (χ0) is 21.8. The molecule has 3 rings (SSSR count). The van der Waals surface area contributed by atoms with E-state index in [4.69, 9.17) is 11.3 Å². The van der Waals surface area contributed by atoms with Crippen LogP contribution in [0.1, 0.15) is 12.6 Å². The highest BCUT2D eigenvalue weighted by Gasteiger charge is 2.54. The van der Waals surface area contributed by atoms with Crippen LogP contribution in [-0.4, -0.2) is 68.2 Å². The highest BCUT2D eigenvalue weighted by atomic mass is 32.2. The number of oxime groups is 1. The van der Waals surface area contributed by atoms with Gasteiger partial charge in [-0.15, -0.1) is 29.5 Å². The number of aromatic nitrogens is 1. The van der Waals surface area contributed by atoms with Crippen LogP contribution in [0, 0.1) is 12.3 Å². The Kier molecular flexibility index (Phi) is 6.38. The normalized spacial score (nSPS) is 22.7. The van der Waals surface area contributed by atoms with Gasteiger partial charge in [0.1, 0.15) is 22.8 Å². The Morgan fingerprint density at radius 2 is 2.30 bits per heavy atom. The van der Waals surface area contributed by atoms with Gasteiger partial charge in [0.2, 0.25) is 6.41 Å². The first-order valence-electron chi connectivity index (χ1n) is 8.41. The van der Waals surface area contributed by atoms with Gasteiger partial charge < -0.3 is 20.6 Å². The topological polar surface area (TPSA) is 150 Å². The van der Waals surface area contributed by atoms with Crippen LogP contribution in [0.3, 0.4) is 0 Å². The molecule has 13 heteroatoms. The van der Waals surface area contributed by atoms with Crippen LogP contribution < -0.4 is 10.6 Å². The number of β-lactam (4-membered cyclic amide) rings is 1. The largest absolute Gasteiger partial charge is 0.477 e. The molecule has 0 radical (unpaired) electrons. The van der Waals surface area contributed by atoms with Crippen molar-refractivity contribution in [2.45, 2.75) is 23.6 Å². The van der Waals surface area contributed by atoms with Crippen LogP contribution >= 0.6 is 23.1 Å². The van der Waals surface area contributed by atoms with Crippen molar-refractivity contribution in [3.8, 4) is 12.3 Å². The molecule has 1 aromatic rings. The van der Waals surface area contributed by atoms with Gasteiger partial charge in [-0.05, 0) is 13.0 Å². The molecule has 1 saturated heterocycles. The fourth-order valence-electron chi connectivity index (χ4n) is 2.78. The van der Waals surface area contributed by atoms with Gasteiger partial charge in [-0.25, -0.2) is 9.78 Å². The van der Waals surface area contributed by atoms with Crippen LogP contribution in [0.15, 0.2) is 22.3 Å². The maximum atomic E-state index is 12.8. The van der Waals surface area contributed by atoms with Crippen LogP contribution in [0.25, 0.3) is 0 Å². The third kappa shape index (κ3) is 4.14. The Morgan fingerprint density at radius 3 is 2.97 bits per heavy atom. The summed E-state index contributed by atoms with van der Waals surface area (Å²) in [6, 6.07) is -0.947. The highest BCUT2D eigenvalue weighted by molar-refractivity contribution is 8.00. The quantitative estimate of drug-likeness (QED) is 0.124. The van der Waals surface area contributed by atoms with Gasteiger partial charge in [-0.2, -0.15) is 0 Å². The van der Waals surface area contributed by atoms with Crippen molar-refractivity contribution in [3.63, 3.8) is 0 Å². The molecule has 0 aliphatic carbocycles. The van der Waals surface area contributed by atoms with E-state index in [1.54, 1.807) is 6.92 Å². The predicted molar refractivity (Wildman–Crippen MR) is 108 cm³/mol. The number of aliphatic carboxylic acids is 1. The second-order valence-electron chi connectivity index (χ2n) is 5.97. The molecule has 2 aliphatic heterocycles. The first-order valence-corrected chi connectivity index (χ1v) is 10.2. The van der Waals surface area contributed by atoms with Crippen LogP contribution in [0.4, 0.5) is 5.13 Å². The summed E-state index contributed by atoms with van der Waals surface area (Å²) < 4.78 is 0. The molecule has 0 spiro atoms. The summed E-state index contributed by atoms with van der Waals surface area (Å²) in [6.07, 6.45) is 7.03. The van der Waals surface area contributed by atoms with E-state index in [9.17, 15) is 24.3 Å². The SMILES string of the molecule is C#CCON=C(C(=O)NC1C(=O)N2C(C(=O)O)=CC(C)S[C@H]12)c1csc(NC=O)n1. The summed E-state index contributed by atoms with van der Waals surface area (Å²) in [7, 11) is 0. The monoisotopic (exact) mass is 449 g/mol. The second kappa shape index (κ2) is 8.97. The molecule has 3 N–H and O–H groups in total. The van der Waals surface area contributed by atoms with Crippen molar-refractivity contribution in [1.82, 2.24) is 15.2 Å². The minimum absolute atomic E-state index is 0.110. The maximum Gasteiger partial charge on any atom is 0.352 e. The molecular weight excluding hydrogens is 434 g/mol. The summed E-state index contributed by atoms with van der Waals surface area (Å²) in [6.45, 7) is 1.60. The lowest BCUT2D eigenvalue weighted by Gasteiger charge is -2.49. The summed E-state index contributed by atoms with van der Waals surface area (Å²) in [5.74, 6) is -0.318. The maximum absolute atomic E-state index is 12.8. The number of carboxylic acid groups (broad SMARTS) is 1. The van der Waals surface area contributed by atoms with Gasteiger partial charge in [-0.3, -0.25) is 19.3 Å². The number of carbonyl (C=O) groups excluding carboxylic acids is 3. The van der Waals surface area contributed by atoms with E-state index in [1.165, 1.54) is 23.2 Å². The van der Waals surface area contributed by atoms with Crippen molar-refractivity contribution in [1.29, 1.82) is 0 Å². The number of nitrogens with one attached hydrogen (secondary N) is 2. The van der Waals surface area contributed by atoms with Crippen LogP contribution in [0.2, 0.25) is 0 Å². The molecule has 3 amide bonds. The molecule has 156 valence electrons. The first kappa shape index (κ1) is 21.3. The Labute approximate surface area is 178 Å². The average molecular weight is 449 g/mol. The fraction of sp³-hybridized carbons (Fsp3) is 0.294. The minimum atomic E-state index is -1.21. The second-order valence-corrected chi connectivity index (χ2v) is 8.32. The lowest BCUT2D eigenvalue weighted by atomic mass is 10.0. The first-order chi connectivity index (χ1) is 14.4. The van der Waals surface area contributed by atoms with E-state index in [2.05, 4.69) is 26.7 Å². The van der Waals surface area contributed by atoms with E-state index in [0.717, 1.165) is 16.2 Å². The van der Waals surface area contributed by atoms with E-state index in [-0.39, 0.29) is 34.1 Å². The standard InChI is InChI=1S/C17H15N5O6S2/c1-3-4-28-21-11(9-6-29-17(19-9)18-7-23)13(24)20-12-14(25)22-10(16(26)27)5-8(2)30-15(12)22/h1,5-8,12,15H,4H2,2H3,(H,20,24)(H,26,27)(H,18,19,23)/t8?,12?,15-/m1/s1. The predicted octanol–water partition coefficient (Wildman–Crippen LogP) is -0.178. The van der Waals surface area contributed by atoms with E-state index < -0.39 is 29.2 Å². The molecule has 0 aromatic carbocycles. The van der Waals surface area contributed by atoms with Crippen molar-refractivity contribution in [2.24, 2.45) is 5.16 Å². The number of amides is 3. The number of terminal acetylenes is 1. The molecule has 2 aliphatic rings. The molecule has 30 heavy (non-hydrogen) atoms. The molecule has 1 fully saturated rings. The van der Waals surface area contributed by atoms with Crippen molar-refractivity contribution < 1.29 is 29.1 Å². The van der Waals surface area contributed by atoms with Crippen LogP contribution in [-0.2, 0) is 24.0 Å². The minimum Gasteiger partial charge on any atom is -0.477 e. The summed E-state index contributed by atoms with van der Waals surface area (Å²) in [4.78, 5) is 57.4. The fourth-order valence-corrected chi connectivity index (χ4v) is 4.76. The number of rotatable bonds is 8. The number of nitrogens with zero attached hydrogens (tertiary/aromatic N) is 3. The van der Waals surface area contributed by atoms with Crippen LogP contribution in [0.5, 0.6) is 0 Å². The number of carboxylic acids is 1. The molecule has 2 unspecified atom stereocenters. The molecule has 11 nitrogen and oxygen atoms in total. The molecular formula is C17H15N5O6S2. The average Bonchev–Trinajstić information content (AvgIpc) is 3.17.